The molecule has 1 aromatic heterocycles. The number of aromatic nitrogens is 1. The van der Waals surface area contributed by atoms with Gasteiger partial charge in [-0.25, -0.2) is 8.78 Å². The molecule has 18 heavy (non-hydrogen) atoms. The first-order valence-electron chi connectivity index (χ1n) is 5.75. The third-order valence-corrected chi connectivity index (χ3v) is 2.76. The Balaban J connectivity index is 1.99. The Morgan fingerprint density at radius 2 is 2.00 bits per heavy atom. The lowest BCUT2D eigenvalue weighted by atomic mass is 10.1. The molecule has 0 spiro atoms. The highest BCUT2D eigenvalue weighted by atomic mass is 19.2. The summed E-state index contributed by atoms with van der Waals surface area (Å²) < 4.78 is 25.9. The lowest BCUT2D eigenvalue weighted by molar-refractivity contribution is 0.500. The summed E-state index contributed by atoms with van der Waals surface area (Å²) in [6, 6.07) is 9.53. The first kappa shape index (κ1) is 12.6. The quantitative estimate of drug-likeness (QED) is 0.898. The summed E-state index contributed by atoms with van der Waals surface area (Å²) in [7, 11) is 0. The Morgan fingerprint density at radius 3 is 2.67 bits per heavy atom. The van der Waals surface area contributed by atoms with Crippen molar-refractivity contribution < 1.29 is 8.78 Å². The van der Waals surface area contributed by atoms with E-state index in [-0.39, 0.29) is 6.04 Å². The fourth-order valence-corrected chi connectivity index (χ4v) is 1.66. The Labute approximate surface area is 105 Å². The summed E-state index contributed by atoms with van der Waals surface area (Å²) in [5.74, 6) is -1.64. The lowest BCUT2D eigenvalue weighted by Crippen LogP contribution is -2.18. The van der Waals surface area contributed by atoms with Gasteiger partial charge in [0, 0.05) is 18.8 Å². The first-order chi connectivity index (χ1) is 8.66. The Hall–Kier alpha value is -1.81. The maximum atomic E-state index is 13.1. The van der Waals surface area contributed by atoms with E-state index in [0.29, 0.717) is 12.1 Å². The van der Waals surface area contributed by atoms with Crippen molar-refractivity contribution in [2.24, 2.45) is 0 Å². The number of hydrogen-bond donors (Lipinski definition) is 1. The van der Waals surface area contributed by atoms with E-state index in [1.807, 2.05) is 25.1 Å². The highest BCUT2D eigenvalue weighted by molar-refractivity contribution is 5.21. The molecule has 1 N–H and O–H groups in total. The van der Waals surface area contributed by atoms with E-state index in [1.54, 1.807) is 12.3 Å². The molecule has 4 heteroatoms. The summed E-state index contributed by atoms with van der Waals surface area (Å²) in [6.45, 7) is 2.48. The molecule has 0 aliphatic carbocycles. The zero-order valence-electron chi connectivity index (χ0n) is 10.0. The summed E-state index contributed by atoms with van der Waals surface area (Å²) in [4.78, 5) is 4.18. The molecule has 0 aliphatic heterocycles. The predicted octanol–water partition coefficient (Wildman–Crippen LogP) is 3.21. The Kier molecular flexibility index (Phi) is 3.99. The predicted molar refractivity (Wildman–Crippen MR) is 65.8 cm³/mol. The minimum atomic E-state index is -0.823. The van der Waals surface area contributed by atoms with E-state index in [9.17, 15) is 8.78 Å². The number of benzene rings is 1. The molecular formula is C14H14F2N2. The smallest absolute Gasteiger partial charge is 0.159 e. The molecule has 2 aromatic rings. The molecule has 1 aromatic carbocycles. The van der Waals surface area contributed by atoms with Gasteiger partial charge < -0.3 is 5.32 Å². The number of nitrogens with one attached hydrogen (secondary N) is 1. The molecule has 1 unspecified atom stereocenters. The van der Waals surface area contributed by atoms with Gasteiger partial charge in [-0.15, -0.1) is 0 Å². The fourth-order valence-electron chi connectivity index (χ4n) is 1.66. The van der Waals surface area contributed by atoms with Crippen molar-refractivity contribution in [3.63, 3.8) is 0 Å². The van der Waals surface area contributed by atoms with Crippen molar-refractivity contribution in [1.29, 1.82) is 0 Å². The molecule has 1 heterocycles. The number of hydrogen-bond acceptors (Lipinski definition) is 2. The van der Waals surface area contributed by atoms with Gasteiger partial charge in [-0.05, 0) is 36.8 Å². The van der Waals surface area contributed by atoms with Gasteiger partial charge in [0.2, 0.25) is 0 Å². The van der Waals surface area contributed by atoms with Crippen molar-refractivity contribution in [3.8, 4) is 0 Å². The van der Waals surface area contributed by atoms with Crippen LogP contribution in [0.5, 0.6) is 0 Å². The van der Waals surface area contributed by atoms with Crippen LogP contribution in [0.25, 0.3) is 0 Å². The topological polar surface area (TPSA) is 24.9 Å². The molecule has 2 rings (SSSR count). The van der Waals surface area contributed by atoms with Crippen molar-refractivity contribution in [2.45, 2.75) is 19.5 Å². The molecule has 0 bridgehead atoms. The average molecular weight is 248 g/mol. The Bertz CT molecular complexity index is 514. The van der Waals surface area contributed by atoms with Gasteiger partial charge in [-0.2, -0.15) is 0 Å². The van der Waals surface area contributed by atoms with Crippen molar-refractivity contribution in [3.05, 3.63) is 65.5 Å². The minimum Gasteiger partial charge on any atom is -0.305 e. The summed E-state index contributed by atoms with van der Waals surface area (Å²) in [5.41, 5.74) is 1.62. The number of pyridine rings is 1. The van der Waals surface area contributed by atoms with Crippen LogP contribution in [0.4, 0.5) is 8.78 Å². The molecule has 0 saturated carbocycles. The van der Waals surface area contributed by atoms with E-state index in [0.717, 1.165) is 11.8 Å². The van der Waals surface area contributed by atoms with E-state index in [4.69, 9.17) is 0 Å². The van der Waals surface area contributed by atoms with Crippen LogP contribution in [0.3, 0.4) is 0 Å². The van der Waals surface area contributed by atoms with Gasteiger partial charge >= 0.3 is 0 Å². The number of rotatable bonds is 4. The summed E-state index contributed by atoms with van der Waals surface area (Å²) in [5, 5.41) is 3.21. The molecule has 0 amide bonds. The van der Waals surface area contributed by atoms with Gasteiger partial charge in [0.1, 0.15) is 0 Å². The third kappa shape index (κ3) is 3.11. The van der Waals surface area contributed by atoms with E-state index >= 15 is 0 Å². The minimum absolute atomic E-state index is 0.0675. The lowest BCUT2D eigenvalue weighted by Gasteiger charge is -2.14. The summed E-state index contributed by atoms with van der Waals surface area (Å²) >= 11 is 0. The molecule has 0 radical (unpaired) electrons. The van der Waals surface area contributed by atoms with Crippen molar-refractivity contribution >= 4 is 0 Å². The van der Waals surface area contributed by atoms with Crippen LogP contribution < -0.4 is 5.32 Å². The SMILES string of the molecule is CC(NCc1ccccn1)c1ccc(F)c(F)c1. The molecule has 0 saturated heterocycles. The molecule has 94 valence electrons. The van der Waals surface area contributed by atoms with Crippen molar-refractivity contribution in [1.82, 2.24) is 10.3 Å². The zero-order chi connectivity index (χ0) is 13.0. The molecule has 0 fully saturated rings. The second-order valence-corrected chi connectivity index (χ2v) is 4.10. The van der Waals surface area contributed by atoms with Crippen LogP contribution in [-0.2, 0) is 6.54 Å². The maximum Gasteiger partial charge on any atom is 0.159 e. The largest absolute Gasteiger partial charge is 0.305 e. The Morgan fingerprint density at radius 1 is 1.17 bits per heavy atom. The second-order valence-electron chi connectivity index (χ2n) is 4.10. The number of nitrogens with zero attached hydrogens (tertiary/aromatic N) is 1. The van der Waals surface area contributed by atoms with Crippen LogP contribution in [0.15, 0.2) is 42.6 Å². The standard InChI is InChI=1S/C14H14F2N2/c1-10(11-5-6-13(15)14(16)8-11)18-9-12-4-2-3-7-17-12/h2-8,10,18H,9H2,1H3. The maximum absolute atomic E-state index is 13.1. The van der Waals surface area contributed by atoms with Gasteiger partial charge in [0.25, 0.3) is 0 Å². The van der Waals surface area contributed by atoms with Gasteiger partial charge in [0.15, 0.2) is 11.6 Å². The van der Waals surface area contributed by atoms with Crippen LogP contribution >= 0.6 is 0 Å². The highest BCUT2D eigenvalue weighted by Gasteiger charge is 2.08. The molecule has 2 nitrogen and oxygen atoms in total. The van der Waals surface area contributed by atoms with Crippen LogP contribution in [0.2, 0.25) is 0 Å². The van der Waals surface area contributed by atoms with Gasteiger partial charge in [0.05, 0.1) is 5.69 Å². The van der Waals surface area contributed by atoms with E-state index < -0.39 is 11.6 Å². The second kappa shape index (κ2) is 5.69. The van der Waals surface area contributed by atoms with Crippen LogP contribution in [-0.4, -0.2) is 4.98 Å². The molecule has 1 atom stereocenters. The summed E-state index contributed by atoms with van der Waals surface area (Å²) in [6.07, 6.45) is 1.72. The molecule has 0 aliphatic rings. The van der Waals surface area contributed by atoms with E-state index in [1.165, 1.54) is 6.07 Å². The van der Waals surface area contributed by atoms with E-state index in [2.05, 4.69) is 10.3 Å². The molecular weight excluding hydrogens is 234 g/mol. The zero-order valence-corrected chi connectivity index (χ0v) is 10.0. The normalized spacial score (nSPS) is 12.4. The van der Waals surface area contributed by atoms with Crippen molar-refractivity contribution in [2.75, 3.05) is 0 Å². The van der Waals surface area contributed by atoms with Gasteiger partial charge in [-0.1, -0.05) is 12.1 Å². The monoisotopic (exact) mass is 248 g/mol. The fraction of sp³-hybridized carbons (Fsp3) is 0.214. The number of halogens is 2. The first-order valence-corrected chi connectivity index (χ1v) is 5.75. The average Bonchev–Trinajstić information content (AvgIpc) is 2.40. The van der Waals surface area contributed by atoms with Crippen LogP contribution in [0, 0.1) is 11.6 Å². The highest BCUT2D eigenvalue weighted by Crippen LogP contribution is 2.16. The van der Waals surface area contributed by atoms with Crippen LogP contribution in [0.1, 0.15) is 24.2 Å². The third-order valence-electron chi connectivity index (χ3n) is 2.76. The van der Waals surface area contributed by atoms with Gasteiger partial charge in [-0.3, -0.25) is 4.98 Å².